The number of benzene rings is 3. The first-order valence-corrected chi connectivity index (χ1v) is 8.85. The van der Waals surface area contributed by atoms with Gasteiger partial charge in [-0.25, -0.2) is 0 Å². The average molecular weight is 367 g/mol. The number of thiocarbonyl (C=S) groups is 1. The lowest BCUT2D eigenvalue weighted by atomic mass is 9.97. The molecular formula is C21H19ClN2S. The van der Waals surface area contributed by atoms with Gasteiger partial charge in [-0.2, -0.15) is 0 Å². The monoisotopic (exact) mass is 366 g/mol. The van der Waals surface area contributed by atoms with Crippen LogP contribution in [-0.4, -0.2) is 5.11 Å². The fourth-order valence-electron chi connectivity index (χ4n) is 2.69. The Morgan fingerprint density at radius 2 is 1.56 bits per heavy atom. The van der Waals surface area contributed by atoms with Gasteiger partial charge >= 0.3 is 0 Å². The molecule has 4 heteroatoms. The molecule has 3 rings (SSSR count). The molecule has 0 aromatic heterocycles. The van der Waals surface area contributed by atoms with Crippen LogP contribution in [0.1, 0.15) is 22.7 Å². The second kappa shape index (κ2) is 8.15. The Bertz CT molecular complexity index is 847. The molecule has 0 radical (unpaired) electrons. The molecule has 2 nitrogen and oxygen atoms in total. The van der Waals surface area contributed by atoms with E-state index in [-0.39, 0.29) is 6.04 Å². The molecule has 0 heterocycles. The Hall–Kier alpha value is -2.36. The molecule has 0 saturated carbocycles. The van der Waals surface area contributed by atoms with Gasteiger partial charge in [0.2, 0.25) is 0 Å². The zero-order valence-electron chi connectivity index (χ0n) is 13.9. The van der Waals surface area contributed by atoms with Crippen molar-refractivity contribution >= 4 is 34.6 Å². The second-order valence-electron chi connectivity index (χ2n) is 5.86. The van der Waals surface area contributed by atoms with Crippen molar-refractivity contribution in [1.29, 1.82) is 0 Å². The minimum Gasteiger partial charge on any atom is -0.352 e. The van der Waals surface area contributed by atoms with E-state index in [1.165, 1.54) is 11.1 Å². The van der Waals surface area contributed by atoms with Crippen molar-refractivity contribution in [3.63, 3.8) is 0 Å². The number of hydrogen-bond donors (Lipinski definition) is 2. The van der Waals surface area contributed by atoms with E-state index in [0.29, 0.717) is 10.1 Å². The standard InChI is InChI=1S/C21H19ClN2S/c1-15-6-5-9-17(14-15)20(16-7-3-2-4-8-16)24-21(25)23-19-12-10-18(22)11-13-19/h2-14,20H,1H3,(H2,23,24,25). The molecule has 126 valence electrons. The van der Waals surface area contributed by atoms with E-state index >= 15 is 0 Å². The van der Waals surface area contributed by atoms with Crippen molar-refractivity contribution in [2.45, 2.75) is 13.0 Å². The number of nitrogens with one attached hydrogen (secondary N) is 2. The van der Waals surface area contributed by atoms with Crippen LogP contribution >= 0.6 is 23.8 Å². The highest BCUT2D eigenvalue weighted by atomic mass is 35.5. The summed E-state index contributed by atoms with van der Waals surface area (Å²) in [4.78, 5) is 0. The van der Waals surface area contributed by atoms with Crippen molar-refractivity contribution in [3.8, 4) is 0 Å². The number of halogens is 1. The first kappa shape index (κ1) is 17.5. The molecule has 0 aliphatic rings. The van der Waals surface area contributed by atoms with E-state index in [1.807, 2.05) is 42.5 Å². The van der Waals surface area contributed by atoms with Crippen molar-refractivity contribution in [1.82, 2.24) is 5.32 Å². The fourth-order valence-corrected chi connectivity index (χ4v) is 3.05. The fraction of sp³-hybridized carbons (Fsp3) is 0.0952. The Morgan fingerprint density at radius 3 is 2.24 bits per heavy atom. The molecular weight excluding hydrogens is 348 g/mol. The Balaban J connectivity index is 1.82. The van der Waals surface area contributed by atoms with Crippen LogP contribution in [0.3, 0.4) is 0 Å². The van der Waals surface area contributed by atoms with Crippen molar-refractivity contribution in [2.75, 3.05) is 5.32 Å². The molecule has 0 bridgehead atoms. The zero-order valence-corrected chi connectivity index (χ0v) is 15.4. The van der Waals surface area contributed by atoms with Gasteiger partial charge in [0, 0.05) is 10.7 Å². The summed E-state index contributed by atoms with van der Waals surface area (Å²) in [5.41, 5.74) is 4.45. The largest absolute Gasteiger partial charge is 0.352 e. The van der Waals surface area contributed by atoms with Crippen LogP contribution in [0.5, 0.6) is 0 Å². The lowest BCUT2D eigenvalue weighted by Crippen LogP contribution is -2.33. The number of aryl methyl sites for hydroxylation is 1. The van der Waals surface area contributed by atoms with E-state index in [0.717, 1.165) is 11.3 Å². The maximum atomic E-state index is 5.93. The van der Waals surface area contributed by atoms with E-state index in [4.69, 9.17) is 23.8 Å². The molecule has 0 saturated heterocycles. The van der Waals surface area contributed by atoms with Gasteiger partial charge in [-0.15, -0.1) is 0 Å². The third-order valence-corrected chi connectivity index (χ3v) is 4.36. The van der Waals surface area contributed by atoms with Gasteiger partial charge in [-0.05, 0) is 54.5 Å². The second-order valence-corrected chi connectivity index (χ2v) is 6.71. The van der Waals surface area contributed by atoms with Crippen LogP contribution in [0.25, 0.3) is 0 Å². The van der Waals surface area contributed by atoms with E-state index in [1.54, 1.807) is 0 Å². The molecule has 3 aromatic carbocycles. The Labute approximate surface area is 158 Å². The van der Waals surface area contributed by atoms with Crippen LogP contribution in [-0.2, 0) is 0 Å². The summed E-state index contributed by atoms with van der Waals surface area (Å²) >= 11 is 11.5. The first-order valence-electron chi connectivity index (χ1n) is 8.06. The molecule has 0 fully saturated rings. The maximum absolute atomic E-state index is 5.93. The van der Waals surface area contributed by atoms with Crippen LogP contribution in [0.15, 0.2) is 78.9 Å². The van der Waals surface area contributed by atoms with E-state index in [9.17, 15) is 0 Å². The summed E-state index contributed by atoms with van der Waals surface area (Å²) in [6, 6.07) is 26.2. The SMILES string of the molecule is Cc1cccc(C(NC(=S)Nc2ccc(Cl)cc2)c2ccccc2)c1. The molecule has 25 heavy (non-hydrogen) atoms. The average Bonchev–Trinajstić information content (AvgIpc) is 2.62. The molecule has 1 atom stereocenters. The lowest BCUT2D eigenvalue weighted by molar-refractivity contribution is 0.768. The minimum atomic E-state index is -0.0200. The third kappa shape index (κ3) is 4.81. The van der Waals surface area contributed by atoms with Gasteiger partial charge in [-0.1, -0.05) is 71.8 Å². The topological polar surface area (TPSA) is 24.1 Å². The van der Waals surface area contributed by atoms with Gasteiger partial charge in [0.25, 0.3) is 0 Å². The number of anilines is 1. The van der Waals surface area contributed by atoms with Crippen LogP contribution in [0.2, 0.25) is 5.02 Å². The van der Waals surface area contributed by atoms with Gasteiger partial charge in [0.1, 0.15) is 0 Å². The first-order chi connectivity index (χ1) is 12.1. The number of hydrogen-bond acceptors (Lipinski definition) is 1. The van der Waals surface area contributed by atoms with Crippen molar-refractivity contribution < 1.29 is 0 Å². The summed E-state index contributed by atoms with van der Waals surface area (Å²) in [6.07, 6.45) is 0. The van der Waals surface area contributed by atoms with Crippen LogP contribution in [0, 0.1) is 6.92 Å². The zero-order chi connectivity index (χ0) is 17.6. The van der Waals surface area contributed by atoms with Crippen LogP contribution < -0.4 is 10.6 Å². The van der Waals surface area contributed by atoms with Crippen molar-refractivity contribution in [2.24, 2.45) is 0 Å². The summed E-state index contributed by atoms with van der Waals surface area (Å²) in [7, 11) is 0. The highest BCUT2D eigenvalue weighted by molar-refractivity contribution is 7.80. The predicted molar refractivity (Wildman–Crippen MR) is 110 cm³/mol. The summed E-state index contributed by atoms with van der Waals surface area (Å²) in [5, 5.41) is 7.91. The predicted octanol–water partition coefficient (Wildman–Crippen LogP) is 5.72. The smallest absolute Gasteiger partial charge is 0.171 e. The van der Waals surface area contributed by atoms with Crippen LogP contribution in [0.4, 0.5) is 5.69 Å². The quantitative estimate of drug-likeness (QED) is 0.577. The van der Waals surface area contributed by atoms with Gasteiger partial charge < -0.3 is 10.6 Å². The highest BCUT2D eigenvalue weighted by Gasteiger charge is 2.15. The van der Waals surface area contributed by atoms with Gasteiger partial charge in [0.05, 0.1) is 6.04 Å². The van der Waals surface area contributed by atoms with Crippen molar-refractivity contribution in [3.05, 3.63) is 101 Å². The lowest BCUT2D eigenvalue weighted by Gasteiger charge is -2.22. The highest BCUT2D eigenvalue weighted by Crippen LogP contribution is 2.23. The molecule has 0 spiro atoms. The Morgan fingerprint density at radius 1 is 0.880 bits per heavy atom. The molecule has 0 aliphatic heterocycles. The van der Waals surface area contributed by atoms with E-state index < -0.39 is 0 Å². The molecule has 1 unspecified atom stereocenters. The number of rotatable bonds is 4. The third-order valence-electron chi connectivity index (χ3n) is 3.89. The van der Waals surface area contributed by atoms with Gasteiger partial charge in [0.15, 0.2) is 5.11 Å². The van der Waals surface area contributed by atoms with Gasteiger partial charge in [-0.3, -0.25) is 0 Å². The normalized spacial score (nSPS) is 11.6. The summed E-state index contributed by atoms with van der Waals surface area (Å²) in [6.45, 7) is 2.09. The minimum absolute atomic E-state index is 0.0200. The Kier molecular flexibility index (Phi) is 5.69. The molecule has 3 aromatic rings. The summed E-state index contributed by atoms with van der Waals surface area (Å²) < 4.78 is 0. The molecule has 0 amide bonds. The molecule has 2 N–H and O–H groups in total. The maximum Gasteiger partial charge on any atom is 0.171 e. The summed E-state index contributed by atoms with van der Waals surface area (Å²) in [5.74, 6) is 0. The molecule has 0 aliphatic carbocycles. The van der Waals surface area contributed by atoms with E-state index in [2.05, 4.69) is 54.0 Å².